The zero-order valence-electron chi connectivity index (χ0n) is 15.6. The van der Waals surface area contributed by atoms with Crippen LogP contribution in [0.1, 0.15) is 34.3 Å². The molecule has 27 heavy (non-hydrogen) atoms. The molecule has 1 aliphatic rings. The van der Waals surface area contributed by atoms with Gasteiger partial charge in [-0.15, -0.1) is 0 Å². The smallest absolute Gasteiger partial charge is 0.334 e. The lowest BCUT2D eigenvalue weighted by molar-refractivity contribution is -0.138. The average Bonchev–Trinajstić information content (AvgIpc) is 3.10. The third-order valence-corrected chi connectivity index (χ3v) is 4.83. The molecular weight excluding hydrogens is 366 g/mol. The largest absolute Gasteiger partial charge is 0.496 e. The van der Waals surface area contributed by atoms with Gasteiger partial charge in [0.25, 0.3) is 5.91 Å². The van der Waals surface area contributed by atoms with Gasteiger partial charge in [-0.3, -0.25) is 4.79 Å². The Morgan fingerprint density at radius 2 is 1.81 bits per heavy atom. The SMILES string of the molecule is COc1ccc(Cl)cc1C(=O)N1CCCC1C(=O)Oc1cc(C)cc(C)c1. The van der Waals surface area contributed by atoms with Crippen LogP contribution in [0.25, 0.3) is 0 Å². The lowest BCUT2D eigenvalue weighted by Crippen LogP contribution is -2.42. The van der Waals surface area contributed by atoms with Gasteiger partial charge in [-0.05, 0) is 68.1 Å². The minimum Gasteiger partial charge on any atom is -0.496 e. The second kappa shape index (κ2) is 8.01. The molecule has 0 bridgehead atoms. The fraction of sp³-hybridized carbons (Fsp3) is 0.333. The molecule has 1 atom stereocenters. The molecule has 2 aromatic rings. The van der Waals surface area contributed by atoms with Crippen molar-refractivity contribution in [1.82, 2.24) is 4.90 Å². The second-order valence-electron chi connectivity index (χ2n) is 6.75. The molecule has 2 aromatic carbocycles. The number of aryl methyl sites for hydroxylation is 2. The first kappa shape index (κ1) is 19.2. The molecule has 6 heteroatoms. The van der Waals surface area contributed by atoms with Crippen molar-refractivity contribution in [3.05, 3.63) is 58.1 Å². The van der Waals surface area contributed by atoms with Gasteiger partial charge < -0.3 is 14.4 Å². The van der Waals surface area contributed by atoms with Gasteiger partial charge >= 0.3 is 5.97 Å². The Morgan fingerprint density at radius 3 is 2.48 bits per heavy atom. The van der Waals surface area contributed by atoms with Gasteiger partial charge in [0.15, 0.2) is 0 Å². The molecule has 0 aromatic heterocycles. The number of benzene rings is 2. The number of ether oxygens (including phenoxy) is 2. The average molecular weight is 388 g/mol. The Hall–Kier alpha value is -2.53. The maximum atomic E-state index is 13.0. The maximum Gasteiger partial charge on any atom is 0.334 e. The van der Waals surface area contributed by atoms with Crippen LogP contribution in [0.2, 0.25) is 5.02 Å². The van der Waals surface area contributed by atoms with E-state index in [0.717, 1.165) is 17.5 Å². The van der Waals surface area contributed by atoms with Crippen molar-refractivity contribution >= 4 is 23.5 Å². The highest BCUT2D eigenvalue weighted by atomic mass is 35.5. The van der Waals surface area contributed by atoms with Crippen molar-refractivity contribution in [3.8, 4) is 11.5 Å². The second-order valence-corrected chi connectivity index (χ2v) is 7.18. The summed E-state index contributed by atoms with van der Waals surface area (Å²) in [5.41, 5.74) is 2.37. The summed E-state index contributed by atoms with van der Waals surface area (Å²) in [6, 6.07) is 9.88. The van der Waals surface area contributed by atoms with Crippen LogP contribution in [0.4, 0.5) is 0 Å². The Kier molecular flexibility index (Phi) is 5.71. The molecule has 0 aliphatic carbocycles. The van der Waals surface area contributed by atoms with Crippen molar-refractivity contribution in [1.29, 1.82) is 0 Å². The van der Waals surface area contributed by atoms with E-state index in [2.05, 4.69) is 0 Å². The monoisotopic (exact) mass is 387 g/mol. The Morgan fingerprint density at radius 1 is 1.11 bits per heavy atom. The van der Waals surface area contributed by atoms with Crippen LogP contribution in [0.5, 0.6) is 11.5 Å². The zero-order valence-corrected chi connectivity index (χ0v) is 16.4. The van der Waals surface area contributed by atoms with Crippen LogP contribution in [-0.2, 0) is 4.79 Å². The van der Waals surface area contributed by atoms with Crippen molar-refractivity contribution in [2.45, 2.75) is 32.7 Å². The summed E-state index contributed by atoms with van der Waals surface area (Å²) in [5.74, 6) is 0.218. The lowest BCUT2D eigenvalue weighted by atomic mass is 10.1. The summed E-state index contributed by atoms with van der Waals surface area (Å²) in [7, 11) is 1.50. The molecule has 142 valence electrons. The minimum atomic E-state index is -0.623. The zero-order chi connectivity index (χ0) is 19.6. The van der Waals surface area contributed by atoms with E-state index in [9.17, 15) is 9.59 Å². The van der Waals surface area contributed by atoms with Crippen LogP contribution < -0.4 is 9.47 Å². The van der Waals surface area contributed by atoms with Gasteiger partial charge in [0.2, 0.25) is 0 Å². The van der Waals surface area contributed by atoms with E-state index in [4.69, 9.17) is 21.1 Å². The number of hydrogen-bond donors (Lipinski definition) is 0. The van der Waals surface area contributed by atoms with Crippen molar-refractivity contribution in [2.24, 2.45) is 0 Å². The number of esters is 1. The highest BCUT2D eigenvalue weighted by Crippen LogP contribution is 2.28. The standard InChI is InChI=1S/C21H22ClNO4/c1-13-9-14(2)11-16(10-13)27-21(25)18-5-4-8-23(18)20(24)17-12-15(22)6-7-19(17)26-3/h6-7,9-12,18H,4-5,8H2,1-3H3. The third kappa shape index (κ3) is 4.25. The molecule has 1 aliphatic heterocycles. The number of carbonyl (C=O) groups is 2. The van der Waals surface area contributed by atoms with E-state index in [0.29, 0.717) is 35.1 Å². The summed E-state index contributed by atoms with van der Waals surface area (Å²) in [6.07, 6.45) is 1.31. The molecular formula is C21H22ClNO4. The summed E-state index contributed by atoms with van der Waals surface area (Å²) < 4.78 is 10.8. The van der Waals surface area contributed by atoms with Gasteiger partial charge in [-0.25, -0.2) is 4.79 Å². The molecule has 5 nitrogen and oxygen atoms in total. The highest BCUT2D eigenvalue weighted by Gasteiger charge is 2.37. The van der Waals surface area contributed by atoms with Gasteiger partial charge in [0.1, 0.15) is 17.5 Å². The maximum absolute atomic E-state index is 13.0. The first-order valence-corrected chi connectivity index (χ1v) is 9.21. The minimum absolute atomic E-state index is 0.283. The highest BCUT2D eigenvalue weighted by molar-refractivity contribution is 6.31. The summed E-state index contributed by atoms with van der Waals surface area (Å²) in [4.78, 5) is 27.3. The predicted octanol–water partition coefficient (Wildman–Crippen LogP) is 4.18. The van der Waals surface area contributed by atoms with Crippen molar-refractivity contribution in [3.63, 3.8) is 0 Å². The summed E-state index contributed by atoms with van der Waals surface area (Å²) >= 11 is 6.04. The third-order valence-electron chi connectivity index (χ3n) is 4.59. The Bertz CT molecular complexity index is 860. The normalized spacial score (nSPS) is 16.3. The quantitative estimate of drug-likeness (QED) is 0.583. The van der Waals surface area contributed by atoms with E-state index >= 15 is 0 Å². The number of rotatable bonds is 4. The molecule has 1 amide bonds. The molecule has 1 heterocycles. The van der Waals surface area contributed by atoms with Gasteiger partial charge in [0, 0.05) is 11.6 Å². The fourth-order valence-electron chi connectivity index (χ4n) is 3.43. The predicted molar refractivity (Wildman–Crippen MR) is 104 cm³/mol. The molecule has 1 unspecified atom stereocenters. The van der Waals surface area contributed by atoms with Crippen LogP contribution in [-0.4, -0.2) is 36.5 Å². The van der Waals surface area contributed by atoms with Gasteiger partial charge in [-0.2, -0.15) is 0 Å². The number of likely N-dealkylation sites (tertiary alicyclic amines) is 1. The van der Waals surface area contributed by atoms with Crippen molar-refractivity contribution in [2.75, 3.05) is 13.7 Å². The summed E-state index contributed by atoms with van der Waals surface area (Å²) in [6.45, 7) is 4.38. The molecule has 1 fully saturated rings. The van der Waals surface area contributed by atoms with Crippen LogP contribution in [0.15, 0.2) is 36.4 Å². The fourth-order valence-corrected chi connectivity index (χ4v) is 3.60. The Balaban J connectivity index is 1.81. The number of amides is 1. The number of nitrogens with zero attached hydrogens (tertiary/aromatic N) is 1. The topological polar surface area (TPSA) is 55.8 Å². The van der Waals surface area contributed by atoms with E-state index in [1.54, 1.807) is 23.1 Å². The number of hydrogen-bond acceptors (Lipinski definition) is 4. The first-order valence-electron chi connectivity index (χ1n) is 8.83. The van der Waals surface area contributed by atoms with E-state index in [1.165, 1.54) is 7.11 Å². The first-order chi connectivity index (χ1) is 12.9. The molecule has 0 saturated carbocycles. The molecule has 0 N–H and O–H groups in total. The number of halogens is 1. The number of methoxy groups -OCH3 is 1. The van der Waals surface area contributed by atoms with E-state index in [-0.39, 0.29) is 5.91 Å². The van der Waals surface area contributed by atoms with E-state index in [1.807, 2.05) is 32.0 Å². The van der Waals surface area contributed by atoms with Crippen LogP contribution >= 0.6 is 11.6 Å². The summed E-state index contributed by atoms with van der Waals surface area (Å²) in [5, 5.41) is 0.438. The van der Waals surface area contributed by atoms with Gasteiger partial charge in [-0.1, -0.05) is 17.7 Å². The Labute approximate surface area is 163 Å². The lowest BCUT2D eigenvalue weighted by Gasteiger charge is -2.24. The molecule has 1 saturated heterocycles. The van der Waals surface area contributed by atoms with Crippen LogP contribution in [0.3, 0.4) is 0 Å². The van der Waals surface area contributed by atoms with Gasteiger partial charge in [0.05, 0.1) is 12.7 Å². The number of carbonyl (C=O) groups excluding carboxylic acids is 2. The van der Waals surface area contributed by atoms with Crippen LogP contribution in [0, 0.1) is 13.8 Å². The molecule has 3 rings (SSSR count). The molecule has 0 spiro atoms. The van der Waals surface area contributed by atoms with E-state index < -0.39 is 12.0 Å². The van der Waals surface area contributed by atoms with Crippen molar-refractivity contribution < 1.29 is 19.1 Å². The molecule has 0 radical (unpaired) electrons.